The molecule has 24 heavy (non-hydrogen) atoms. The van der Waals surface area contributed by atoms with E-state index in [1.165, 1.54) is 0 Å². The van der Waals surface area contributed by atoms with Crippen LogP contribution in [0.3, 0.4) is 0 Å². The Balaban J connectivity index is 2.46. The topological polar surface area (TPSA) is 83.8 Å². The SMILES string of the molecule is COc1ccc([C@H](c2ccccc2)C(CC(=O)O)CC(=O)O)cc1. The van der Waals surface area contributed by atoms with Crippen LogP contribution >= 0.6 is 0 Å². The van der Waals surface area contributed by atoms with Gasteiger partial charge in [-0.15, -0.1) is 0 Å². The monoisotopic (exact) mass is 328 g/mol. The minimum Gasteiger partial charge on any atom is -0.497 e. The molecule has 2 aromatic rings. The molecule has 0 fully saturated rings. The Morgan fingerprint density at radius 1 is 0.875 bits per heavy atom. The summed E-state index contributed by atoms with van der Waals surface area (Å²) in [5.74, 6) is -2.18. The zero-order chi connectivity index (χ0) is 17.5. The highest BCUT2D eigenvalue weighted by Crippen LogP contribution is 2.36. The zero-order valence-corrected chi connectivity index (χ0v) is 13.4. The number of ether oxygens (including phenoxy) is 1. The van der Waals surface area contributed by atoms with Gasteiger partial charge >= 0.3 is 11.9 Å². The summed E-state index contributed by atoms with van der Waals surface area (Å²) in [4.78, 5) is 22.5. The second kappa shape index (κ2) is 8.15. The average Bonchev–Trinajstić information content (AvgIpc) is 2.55. The maximum atomic E-state index is 11.2. The molecule has 0 aliphatic rings. The van der Waals surface area contributed by atoms with Crippen LogP contribution in [0.1, 0.15) is 29.9 Å². The summed E-state index contributed by atoms with van der Waals surface area (Å²) < 4.78 is 5.16. The van der Waals surface area contributed by atoms with Crippen molar-refractivity contribution < 1.29 is 24.5 Å². The first-order chi connectivity index (χ1) is 11.5. The van der Waals surface area contributed by atoms with Gasteiger partial charge in [0.2, 0.25) is 0 Å². The van der Waals surface area contributed by atoms with Gasteiger partial charge in [-0.2, -0.15) is 0 Å². The number of methoxy groups -OCH3 is 1. The van der Waals surface area contributed by atoms with E-state index in [-0.39, 0.29) is 18.8 Å². The molecule has 5 heteroatoms. The van der Waals surface area contributed by atoms with E-state index in [0.29, 0.717) is 5.75 Å². The van der Waals surface area contributed by atoms with Crippen LogP contribution in [-0.4, -0.2) is 29.3 Å². The highest BCUT2D eigenvalue weighted by atomic mass is 16.5. The van der Waals surface area contributed by atoms with Gasteiger partial charge in [-0.25, -0.2) is 0 Å². The molecule has 1 atom stereocenters. The average molecular weight is 328 g/mol. The number of aliphatic carboxylic acids is 2. The summed E-state index contributed by atoms with van der Waals surface area (Å²) in [5, 5.41) is 18.4. The third-order valence-corrected chi connectivity index (χ3v) is 3.98. The van der Waals surface area contributed by atoms with E-state index in [4.69, 9.17) is 4.74 Å². The standard InChI is InChI=1S/C19H20O5/c1-24-16-9-7-14(8-10-16)19(13-5-3-2-4-6-13)15(11-17(20)21)12-18(22)23/h2-10,15,19H,11-12H2,1H3,(H,20,21)(H,22,23)/t19-/m0/s1. The second-order valence-electron chi connectivity index (χ2n) is 5.62. The first-order valence-electron chi connectivity index (χ1n) is 7.63. The van der Waals surface area contributed by atoms with Crippen LogP contribution in [0.15, 0.2) is 54.6 Å². The number of benzene rings is 2. The number of carboxylic acids is 2. The zero-order valence-electron chi connectivity index (χ0n) is 13.4. The van der Waals surface area contributed by atoms with Crippen molar-refractivity contribution in [2.45, 2.75) is 18.8 Å². The summed E-state index contributed by atoms with van der Waals surface area (Å²) in [5.41, 5.74) is 1.77. The number of carbonyl (C=O) groups is 2. The van der Waals surface area contributed by atoms with Crippen LogP contribution in [0.2, 0.25) is 0 Å². The highest BCUT2D eigenvalue weighted by molar-refractivity contribution is 5.71. The molecule has 0 aliphatic heterocycles. The van der Waals surface area contributed by atoms with Crippen LogP contribution in [0.25, 0.3) is 0 Å². The molecule has 126 valence electrons. The summed E-state index contributed by atoms with van der Waals surface area (Å²) in [6, 6.07) is 16.7. The Morgan fingerprint density at radius 2 is 1.38 bits per heavy atom. The maximum absolute atomic E-state index is 11.2. The normalized spacial score (nSPS) is 11.9. The summed E-state index contributed by atoms with van der Waals surface area (Å²) in [6.07, 6.45) is -0.421. The summed E-state index contributed by atoms with van der Waals surface area (Å²) >= 11 is 0. The molecule has 2 aromatic carbocycles. The number of hydrogen-bond donors (Lipinski definition) is 2. The van der Waals surface area contributed by atoms with Crippen molar-refractivity contribution in [3.8, 4) is 5.75 Å². The summed E-state index contributed by atoms with van der Waals surface area (Å²) in [7, 11) is 1.57. The van der Waals surface area contributed by atoms with E-state index in [2.05, 4.69) is 0 Å². The van der Waals surface area contributed by atoms with Gasteiger partial charge in [0.05, 0.1) is 7.11 Å². The molecule has 2 rings (SSSR count). The fourth-order valence-electron chi connectivity index (χ4n) is 2.96. The molecule has 0 radical (unpaired) electrons. The van der Waals surface area contributed by atoms with Gasteiger partial charge in [0.1, 0.15) is 5.75 Å². The van der Waals surface area contributed by atoms with Gasteiger partial charge in [0.25, 0.3) is 0 Å². The van der Waals surface area contributed by atoms with Crippen LogP contribution in [0.4, 0.5) is 0 Å². The first-order valence-corrected chi connectivity index (χ1v) is 7.63. The molecule has 0 heterocycles. The fourth-order valence-corrected chi connectivity index (χ4v) is 2.96. The van der Waals surface area contributed by atoms with Crippen molar-refractivity contribution in [3.63, 3.8) is 0 Å². The molecule has 0 saturated carbocycles. The van der Waals surface area contributed by atoms with Gasteiger partial charge in [-0.1, -0.05) is 42.5 Å². The van der Waals surface area contributed by atoms with Crippen molar-refractivity contribution in [3.05, 3.63) is 65.7 Å². The van der Waals surface area contributed by atoms with Crippen molar-refractivity contribution in [2.24, 2.45) is 5.92 Å². The quantitative estimate of drug-likeness (QED) is 0.776. The molecule has 0 bridgehead atoms. The number of rotatable bonds is 8. The lowest BCUT2D eigenvalue weighted by Gasteiger charge is -2.26. The van der Waals surface area contributed by atoms with Gasteiger partial charge in [0.15, 0.2) is 0 Å². The molecule has 2 N–H and O–H groups in total. The third kappa shape index (κ3) is 4.59. The lowest BCUT2D eigenvalue weighted by molar-refractivity contribution is -0.140. The van der Waals surface area contributed by atoms with Crippen molar-refractivity contribution in [2.75, 3.05) is 7.11 Å². The van der Waals surface area contributed by atoms with Crippen LogP contribution in [-0.2, 0) is 9.59 Å². The fraction of sp³-hybridized carbons (Fsp3) is 0.263. The Labute approximate surface area is 140 Å². The molecule has 0 unspecified atom stereocenters. The van der Waals surface area contributed by atoms with Gasteiger partial charge < -0.3 is 14.9 Å². The molecular weight excluding hydrogens is 308 g/mol. The minimum atomic E-state index is -1.00. The summed E-state index contributed by atoms with van der Waals surface area (Å²) in [6.45, 7) is 0. The van der Waals surface area contributed by atoms with E-state index >= 15 is 0 Å². The Hall–Kier alpha value is -2.82. The van der Waals surface area contributed by atoms with Crippen LogP contribution in [0, 0.1) is 5.92 Å². The molecule has 0 saturated heterocycles. The third-order valence-electron chi connectivity index (χ3n) is 3.98. The van der Waals surface area contributed by atoms with E-state index in [0.717, 1.165) is 11.1 Å². The highest BCUT2D eigenvalue weighted by Gasteiger charge is 2.29. The largest absolute Gasteiger partial charge is 0.497 e. The number of hydrogen-bond acceptors (Lipinski definition) is 3. The lowest BCUT2D eigenvalue weighted by atomic mass is 9.77. The Kier molecular flexibility index (Phi) is 5.95. The lowest BCUT2D eigenvalue weighted by Crippen LogP contribution is -2.21. The minimum absolute atomic E-state index is 0.210. The molecular formula is C19H20O5. The Bertz CT molecular complexity index is 663. The second-order valence-corrected chi connectivity index (χ2v) is 5.62. The van der Waals surface area contributed by atoms with Crippen molar-refractivity contribution in [1.29, 1.82) is 0 Å². The maximum Gasteiger partial charge on any atom is 0.303 e. The van der Waals surface area contributed by atoms with Crippen molar-refractivity contribution in [1.82, 2.24) is 0 Å². The molecule has 0 spiro atoms. The van der Waals surface area contributed by atoms with Gasteiger partial charge in [-0.3, -0.25) is 9.59 Å². The van der Waals surface area contributed by atoms with E-state index in [1.807, 2.05) is 42.5 Å². The van der Waals surface area contributed by atoms with E-state index < -0.39 is 17.9 Å². The number of carboxylic acid groups (broad SMARTS) is 2. The molecule has 5 nitrogen and oxygen atoms in total. The molecule has 0 aliphatic carbocycles. The Morgan fingerprint density at radius 3 is 1.83 bits per heavy atom. The van der Waals surface area contributed by atoms with E-state index in [1.54, 1.807) is 19.2 Å². The predicted molar refractivity (Wildman–Crippen MR) is 89.3 cm³/mol. The smallest absolute Gasteiger partial charge is 0.303 e. The van der Waals surface area contributed by atoms with Crippen LogP contribution in [0.5, 0.6) is 5.75 Å². The van der Waals surface area contributed by atoms with Crippen molar-refractivity contribution >= 4 is 11.9 Å². The molecule has 0 aromatic heterocycles. The van der Waals surface area contributed by atoms with E-state index in [9.17, 15) is 19.8 Å². The first kappa shape index (κ1) is 17.5. The predicted octanol–water partition coefficient (Wildman–Crippen LogP) is 3.39. The molecule has 0 amide bonds. The van der Waals surface area contributed by atoms with Gasteiger partial charge in [0, 0.05) is 18.8 Å². The van der Waals surface area contributed by atoms with Crippen LogP contribution < -0.4 is 4.74 Å². The van der Waals surface area contributed by atoms with Gasteiger partial charge in [-0.05, 0) is 29.2 Å².